The van der Waals surface area contributed by atoms with Crippen LogP contribution in [0.1, 0.15) is 10.6 Å². The summed E-state index contributed by atoms with van der Waals surface area (Å²) in [5.41, 5.74) is 1.75. The van der Waals surface area contributed by atoms with Gasteiger partial charge in [0.25, 0.3) is 0 Å². The Hall–Kier alpha value is -1.98. The van der Waals surface area contributed by atoms with Crippen molar-refractivity contribution in [3.8, 4) is 10.6 Å². The third kappa shape index (κ3) is 2.95. The topological polar surface area (TPSA) is 40.7 Å². The number of nitrogens with zero attached hydrogens (tertiary/aromatic N) is 1. The molecular formula is C15H14FN3S. The van der Waals surface area contributed by atoms with Crippen molar-refractivity contribution in [3.63, 3.8) is 0 Å². The lowest BCUT2D eigenvalue weighted by molar-refractivity contribution is 0.587. The van der Waals surface area contributed by atoms with Crippen LogP contribution in [0.3, 0.4) is 0 Å². The van der Waals surface area contributed by atoms with Crippen molar-refractivity contribution in [2.75, 3.05) is 0 Å². The van der Waals surface area contributed by atoms with Gasteiger partial charge in [-0.3, -0.25) is 0 Å². The third-order valence-corrected chi connectivity index (χ3v) is 4.00. The SMILES string of the molecule is Fc1ccccc1CNCc1ncc(-c2ccc[nH]2)s1. The van der Waals surface area contributed by atoms with E-state index in [4.69, 9.17) is 0 Å². The molecule has 0 bridgehead atoms. The van der Waals surface area contributed by atoms with E-state index in [0.717, 1.165) is 15.6 Å². The van der Waals surface area contributed by atoms with Gasteiger partial charge in [-0.2, -0.15) is 0 Å². The fourth-order valence-corrected chi connectivity index (χ4v) is 2.82. The highest BCUT2D eigenvalue weighted by Crippen LogP contribution is 2.24. The fraction of sp³-hybridized carbons (Fsp3) is 0.133. The third-order valence-electron chi connectivity index (χ3n) is 2.97. The van der Waals surface area contributed by atoms with Crippen LogP contribution in [0.15, 0.2) is 48.8 Å². The van der Waals surface area contributed by atoms with Crippen molar-refractivity contribution in [1.29, 1.82) is 0 Å². The summed E-state index contributed by atoms with van der Waals surface area (Å²) in [5, 5.41) is 4.21. The normalized spacial score (nSPS) is 10.8. The molecule has 0 aliphatic rings. The molecule has 3 aromatic rings. The van der Waals surface area contributed by atoms with Crippen molar-refractivity contribution < 1.29 is 4.39 Å². The Morgan fingerprint density at radius 2 is 2.05 bits per heavy atom. The van der Waals surface area contributed by atoms with E-state index in [9.17, 15) is 4.39 Å². The Labute approximate surface area is 120 Å². The molecule has 0 aliphatic heterocycles. The van der Waals surface area contributed by atoms with E-state index in [1.807, 2.05) is 30.6 Å². The molecule has 20 heavy (non-hydrogen) atoms. The summed E-state index contributed by atoms with van der Waals surface area (Å²) < 4.78 is 13.4. The highest BCUT2D eigenvalue weighted by atomic mass is 32.1. The van der Waals surface area contributed by atoms with E-state index in [1.165, 1.54) is 6.07 Å². The smallest absolute Gasteiger partial charge is 0.127 e. The summed E-state index contributed by atoms with van der Waals surface area (Å²) >= 11 is 1.63. The second-order valence-corrected chi connectivity index (χ2v) is 5.51. The predicted molar refractivity (Wildman–Crippen MR) is 78.8 cm³/mol. The van der Waals surface area contributed by atoms with E-state index in [-0.39, 0.29) is 5.82 Å². The van der Waals surface area contributed by atoms with Gasteiger partial charge in [-0.25, -0.2) is 9.37 Å². The Balaban J connectivity index is 1.58. The van der Waals surface area contributed by atoms with Gasteiger partial charge in [0.2, 0.25) is 0 Å². The van der Waals surface area contributed by atoms with Crippen molar-refractivity contribution in [2.45, 2.75) is 13.1 Å². The van der Waals surface area contributed by atoms with Crippen LogP contribution in [0, 0.1) is 5.82 Å². The molecule has 102 valence electrons. The maximum absolute atomic E-state index is 13.4. The van der Waals surface area contributed by atoms with Crippen molar-refractivity contribution in [3.05, 3.63) is 65.2 Å². The number of H-pyrrole nitrogens is 1. The summed E-state index contributed by atoms with van der Waals surface area (Å²) in [4.78, 5) is 8.63. The summed E-state index contributed by atoms with van der Waals surface area (Å²) in [6.07, 6.45) is 3.75. The molecule has 2 aromatic heterocycles. The van der Waals surface area contributed by atoms with E-state index < -0.39 is 0 Å². The molecular weight excluding hydrogens is 273 g/mol. The second-order valence-electron chi connectivity index (χ2n) is 4.40. The van der Waals surface area contributed by atoms with Gasteiger partial charge in [-0.1, -0.05) is 18.2 Å². The second kappa shape index (κ2) is 5.98. The van der Waals surface area contributed by atoms with Crippen LogP contribution in [0.2, 0.25) is 0 Å². The maximum atomic E-state index is 13.4. The van der Waals surface area contributed by atoms with Crippen LogP contribution in [-0.4, -0.2) is 9.97 Å². The molecule has 0 saturated heterocycles. The summed E-state index contributed by atoms with van der Waals surface area (Å²) in [6.45, 7) is 1.14. The highest BCUT2D eigenvalue weighted by Gasteiger charge is 2.05. The first kappa shape index (κ1) is 13.0. The number of nitrogens with one attached hydrogen (secondary N) is 2. The summed E-state index contributed by atoms with van der Waals surface area (Å²) in [7, 11) is 0. The molecule has 0 fully saturated rings. The minimum Gasteiger partial charge on any atom is -0.360 e. The molecule has 3 nitrogen and oxygen atoms in total. The molecule has 1 aromatic carbocycles. The van der Waals surface area contributed by atoms with Crippen LogP contribution in [-0.2, 0) is 13.1 Å². The zero-order valence-corrected chi connectivity index (χ0v) is 11.6. The first-order valence-corrected chi connectivity index (χ1v) is 7.17. The summed E-state index contributed by atoms with van der Waals surface area (Å²) in [5.74, 6) is -0.175. The number of aromatic amines is 1. The first-order valence-electron chi connectivity index (χ1n) is 6.35. The number of aromatic nitrogens is 2. The molecule has 0 saturated carbocycles. The molecule has 0 radical (unpaired) electrons. The minimum atomic E-state index is -0.175. The van der Waals surface area contributed by atoms with Crippen molar-refractivity contribution in [1.82, 2.24) is 15.3 Å². The monoisotopic (exact) mass is 287 g/mol. The zero-order chi connectivity index (χ0) is 13.8. The van der Waals surface area contributed by atoms with Crippen LogP contribution >= 0.6 is 11.3 Å². The number of halogens is 1. The number of benzene rings is 1. The molecule has 2 heterocycles. The van der Waals surface area contributed by atoms with Crippen LogP contribution in [0.4, 0.5) is 4.39 Å². The number of hydrogen-bond donors (Lipinski definition) is 2. The number of thiazole rings is 1. The minimum absolute atomic E-state index is 0.175. The average molecular weight is 287 g/mol. The van der Waals surface area contributed by atoms with E-state index in [2.05, 4.69) is 15.3 Å². The van der Waals surface area contributed by atoms with Gasteiger partial charge in [0.15, 0.2) is 0 Å². The van der Waals surface area contributed by atoms with Gasteiger partial charge in [-0.05, 0) is 18.2 Å². The van der Waals surface area contributed by atoms with E-state index in [1.54, 1.807) is 23.5 Å². The quantitative estimate of drug-likeness (QED) is 0.753. The van der Waals surface area contributed by atoms with Gasteiger partial charge in [0.05, 0.1) is 10.6 Å². The van der Waals surface area contributed by atoms with E-state index in [0.29, 0.717) is 18.7 Å². The van der Waals surface area contributed by atoms with Gasteiger partial charge >= 0.3 is 0 Å². The van der Waals surface area contributed by atoms with Gasteiger partial charge in [-0.15, -0.1) is 11.3 Å². The zero-order valence-electron chi connectivity index (χ0n) is 10.8. The average Bonchev–Trinajstić information content (AvgIpc) is 3.11. The molecule has 0 unspecified atom stereocenters. The molecule has 3 rings (SSSR count). The predicted octanol–water partition coefficient (Wildman–Crippen LogP) is 3.57. The van der Waals surface area contributed by atoms with E-state index >= 15 is 0 Å². The standard InChI is InChI=1S/C15H14FN3S/c16-12-5-2-1-4-11(12)8-17-10-15-19-9-14(20-15)13-6-3-7-18-13/h1-7,9,17-18H,8,10H2. The lowest BCUT2D eigenvalue weighted by atomic mass is 10.2. The van der Waals surface area contributed by atoms with Gasteiger partial charge < -0.3 is 10.3 Å². The molecule has 2 N–H and O–H groups in total. The highest BCUT2D eigenvalue weighted by molar-refractivity contribution is 7.15. The fourth-order valence-electron chi connectivity index (χ4n) is 1.95. The largest absolute Gasteiger partial charge is 0.360 e. The number of hydrogen-bond acceptors (Lipinski definition) is 3. The molecule has 0 aliphatic carbocycles. The maximum Gasteiger partial charge on any atom is 0.127 e. The van der Waals surface area contributed by atoms with Crippen LogP contribution in [0.5, 0.6) is 0 Å². The lowest BCUT2D eigenvalue weighted by Gasteiger charge is -2.03. The molecule has 0 amide bonds. The summed E-state index contributed by atoms with van der Waals surface area (Å²) in [6, 6.07) is 10.8. The van der Waals surface area contributed by atoms with Gasteiger partial charge in [0.1, 0.15) is 10.8 Å². The van der Waals surface area contributed by atoms with Crippen LogP contribution in [0.25, 0.3) is 10.6 Å². The van der Waals surface area contributed by atoms with Crippen molar-refractivity contribution in [2.24, 2.45) is 0 Å². The molecule has 0 atom stereocenters. The first-order chi connectivity index (χ1) is 9.83. The number of rotatable bonds is 5. The Bertz CT molecular complexity index is 676. The van der Waals surface area contributed by atoms with Gasteiger partial charge in [0, 0.05) is 31.0 Å². The molecule has 0 spiro atoms. The Morgan fingerprint density at radius 1 is 1.15 bits per heavy atom. The van der Waals surface area contributed by atoms with Crippen LogP contribution < -0.4 is 5.32 Å². The Morgan fingerprint density at radius 3 is 2.85 bits per heavy atom. The van der Waals surface area contributed by atoms with Crippen molar-refractivity contribution >= 4 is 11.3 Å². The molecule has 5 heteroatoms. The Kier molecular flexibility index (Phi) is 3.90. The lowest BCUT2D eigenvalue weighted by Crippen LogP contribution is -2.13.